The number of nitriles is 1. The van der Waals surface area contributed by atoms with Crippen molar-refractivity contribution < 1.29 is 14.3 Å². The largest absolute Gasteiger partial charge is 0.462 e. The minimum atomic E-state index is -0.674. The molecule has 0 spiro atoms. The lowest BCUT2D eigenvalue weighted by atomic mass is 10.1. The number of hydrogen-bond acceptors (Lipinski definition) is 5. The summed E-state index contributed by atoms with van der Waals surface area (Å²) in [4.78, 5) is 23.4. The van der Waals surface area contributed by atoms with Crippen molar-refractivity contribution in [1.29, 1.82) is 5.26 Å². The number of amides is 1. The first-order chi connectivity index (χ1) is 11.0. The van der Waals surface area contributed by atoms with Crippen LogP contribution in [-0.2, 0) is 9.53 Å². The topological polar surface area (TPSA) is 91.2 Å². The van der Waals surface area contributed by atoms with Crippen LogP contribution in [0.1, 0.15) is 37.6 Å². The van der Waals surface area contributed by atoms with Crippen molar-refractivity contribution in [1.82, 2.24) is 5.32 Å². The van der Waals surface area contributed by atoms with Crippen molar-refractivity contribution in [2.75, 3.05) is 11.9 Å². The first-order valence-corrected chi connectivity index (χ1v) is 7.46. The Balaban J connectivity index is 2.72. The molecule has 1 amide bonds. The molecule has 1 rings (SSSR count). The number of benzene rings is 1. The molecule has 6 nitrogen and oxygen atoms in total. The van der Waals surface area contributed by atoms with Crippen LogP contribution < -0.4 is 10.6 Å². The zero-order valence-electron chi connectivity index (χ0n) is 13.6. The second-order valence-electron chi connectivity index (χ2n) is 4.89. The van der Waals surface area contributed by atoms with Crippen molar-refractivity contribution >= 4 is 17.6 Å². The van der Waals surface area contributed by atoms with Gasteiger partial charge in [-0.05, 0) is 44.5 Å². The average Bonchev–Trinajstić information content (AvgIpc) is 2.56. The van der Waals surface area contributed by atoms with Gasteiger partial charge in [0.2, 0.25) is 0 Å². The van der Waals surface area contributed by atoms with E-state index >= 15 is 0 Å². The number of anilines is 1. The van der Waals surface area contributed by atoms with Gasteiger partial charge in [-0.2, -0.15) is 5.26 Å². The summed E-state index contributed by atoms with van der Waals surface area (Å²) in [5.41, 5.74) is 1.08. The number of hydrogen-bond donors (Lipinski definition) is 2. The standard InChI is InChI=1S/C17H21N3O3/c1-4-12(3)20-16(21)13-6-8-15(9-7-13)19-11-14(10-18)17(22)23-5-2/h6-9,11-12,19H,4-5H2,1-3H3,(H,20,21)/b14-11+. The third-order valence-electron chi connectivity index (χ3n) is 3.14. The second-order valence-corrected chi connectivity index (χ2v) is 4.89. The van der Waals surface area contributed by atoms with Crippen molar-refractivity contribution in [3.63, 3.8) is 0 Å². The molecule has 0 saturated heterocycles. The third-order valence-corrected chi connectivity index (χ3v) is 3.14. The average molecular weight is 315 g/mol. The van der Waals surface area contributed by atoms with Crippen LogP contribution >= 0.6 is 0 Å². The van der Waals surface area contributed by atoms with E-state index in [2.05, 4.69) is 10.6 Å². The maximum Gasteiger partial charge on any atom is 0.350 e. The fourth-order valence-electron chi connectivity index (χ4n) is 1.63. The molecule has 0 saturated carbocycles. The van der Waals surface area contributed by atoms with Crippen molar-refractivity contribution in [3.05, 3.63) is 41.6 Å². The molecule has 1 atom stereocenters. The first kappa shape index (κ1) is 18.2. The van der Waals surface area contributed by atoms with E-state index < -0.39 is 5.97 Å². The lowest BCUT2D eigenvalue weighted by molar-refractivity contribution is -0.138. The van der Waals surface area contributed by atoms with Crippen molar-refractivity contribution in [3.8, 4) is 6.07 Å². The Morgan fingerprint density at radius 3 is 2.48 bits per heavy atom. The molecular formula is C17H21N3O3. The molecule has 1 unspecified atom stereocenters. The van der Waals surface area contributed by atoms with Gasteiger partial charge < -0.3 is 15.4 Å². The van der Waals surface area contributed by atoms with E-state index in [4.69, 9.17) is 10.00 Å². The number of rotatable bonds is 7. The molecule has 0 aromatic heterocycles. The number of carbonyl (C=O) groups is 2. The van der Waals surface area contributed by atoms with Gasteiger partial charge in [0.25, 0.3) is 5.91 Å². The van der Waals surface area contributed by atoms with Crippen LogP contribution in [0.15, 0.2) is 36.0 Å². The maximum atomic E-state index is 12.0. The minimum Gasteiger partial charge on any atom is -0.462 e. The van der Waals surface area contributed by atoms with Crippen molar-refractivity contribution in [2.45, 2.75) is 33.2 Å². The molecule has 6 heteroatoms. The summed E-state index contributed by atoms with van der Waals surface area (Å²) in [5.74, 6) is -0.808. The summed E-state index contributed by atoms with van der Waals surface area (Å²) in [6, 6.07) is 8.63. The van der Waals surface area contributed by atoms with Crippen LogP contribution in [0.2, 0.25) is 0 Å². The molecule has 0 bridgehead atoms. The fraction of sp³-hybridized carbons (Fsp3) is 0.353. The Kier molecular flexibility index (Phi) is 7.34. The van der Waals surface area contributed by atoms with Gasteiger partial charge in [-0.1, -0.05) is 6.92 Å². The normalized spacial score (nSPS) is 12.0. The zero-order valence-corrected chi connectivity index (χ0v) is 13.6. The SMILES string of the molecule is CCOC(=O)/C(C#N)=C/Nc1ccc(C(=O)NC(C)CC)cc1. The van der Waals surface area contributed by atoms with Crippen molar-refractivity contribution in [2.24, 2.45) is 0 Å². The van der Waals surface area contributed by atoms with Crippen LogP contribution in [-0.4, -0.2) is 24.5 Å². The highest BCUT2D eigenvalue weighted by atomic mass is 16.5. The Labute approximate surface area is 136 Å². The quantitative estimate of drug-likeness (QED) is 0.458. The molecule has 23 heavy (non-hydrogen) atoms. The van der Waals surface area contributed by atoms with E-state index in [1.807, 2.05) is 13.8 Å². The van der Waals surface area contributed by atoms with Gasteiger partial charge in [-0.25, -0.2) is 4.79 Å². The van der Waals surface area contributed by atoms with Crippen LogP contribution in [0.3, 0.4) is 0 Å². The van der Waals surface area contributed by atoms with E-state index in [1.54, 1.807) is 37.3 Å². The van der Waals surface area contributed by atoms with Gasteiger partial charge in [-0.15, -0.1) is 0 Å². The van der Waals surface area contributed by atoms with Crippen LogP contribution in [0, 0.1) is 11.3 Å². The highest BCUT2D eigenvalue weighted by molar-refractivity contribution is 5.95. The Morgan fingerprint density at radius 2 is 1.96 bits per heavy atom. The Hall–Kier alpha value is -2.81. The maximum absolute atomic E-state index is 12.0. The minimum absolute atomic E-state index is 0.117. The molecule has 2 N–H and O–H groups in total. The number of carbonyl (C=O) groups excluding carboxylic acids is 2. The molecule has 0 aliphatic rings. The van der Waals surface area contributed by atoms with Gasteiger partial charge in [0, 0.05) is 23.5 Å². The predicted molar refractivity (Wildman–Crippen MR) is 87.6 cm³/mol. The first-order valence-electron chi connectivity index (χ1n) is 7.46. The molecule has 0 heterocycles. The highest BCUT2D eigenvalue weighted by Gasteiger charge is 2.10. The molecule has 0 aliphatic carbocycles. The summed E-state index contributed by atoms with van der Waals surface area (Å²) in [7, 11) is 0. The van der Waals surface area contributed by atoms with Crippen LogP contribution in [0.5, 0.6) is 0 Å². The van der Waals surface area contributed by atoms with E-state index in [-0.39, 0.29) is 24.1 Å². The van der Waals surface area contributed by atoms with Gasteiger partial charge in [0.1, 0.15) is 6.07 Å². The lowest BCUT2D eigenvalue weighted by Gasteiger charge is -2.11. The van der Waals surface area contributed by atoms with E-state index in [0.717, 1.165) is 6.42 Å². The number of nitrogens with one attached hydrogen (secondary N) is 2. The van der Waals surface area contributed by atoms with Gasteiger partial charge in [0.15, 0.2) is 5.57 Å². The van der Waals surface area contributed by atoms with Crippen LogP contribution in [0.4, 0.5) is 5.69 Å². The molecule has 1 aromatic rings. The van der Waals surface area contributed by atoms with E-state index in [9.17, 15) is 9.59 Å². The molecule has 0 aliphatic heterocycles. The number of nitrogens with zero attached hydrogens (tertiary/aromatic N) is 1. The summed E-state index contributed by atoms with van der Waals surface area (Å²) < 4.78 is 4.76. The summed E-state index contributed by atoms with van der Waals surface area (Å²) in [6.45, 7) is 5.82. The molecule has 1 aromatic carbocycles. The molecule has 0 radical (unpaired) electrons. The van der Waals surface area contributed by atoms with Crippen LogP contribution in [0.25, 0.3) is 0 Å². The predicted octanol–water partition coefficient (Wildman–Crippen LogP) is 2.60. The summed E-state index contributed by atoms with van der Waals surface area (Å²) in [5, 5.41) is 14.6. The molecule has 122 valence electrons. The van der Waals surface area contributed by atoms with E-state index in [1.165, 1.54) is 6.20 Å². The van der Waals surface area contributed by atoms with Gasteiger partial charge in [0.05, 0.1) is 6.61 Å². The third kappa shape index (κ3) is 5.83. The van der Waals surface area contributed by atoms with E-state index in [0.29, 0.717) is 11.3 Å². The molecular weight excluding hydrogens is 294 g/mol. The number of esters is 1. The summed E-state index contributed by atoms with van der Waals surface area (Å²) in [6.07, 6.45) is 2.15. The number of ether oxygens (including phenoxy) is 1. The van der Waals surface area contributed by atoms with Gasteiger partial charge >= 0.3 is 5.97 Å². The highest BCUT2D eigenvalue weighted by Crippen LogP contribution is 2.11. The Morgan fingerprint density at radius 1 is 1.30 bits per heavy atom. The van der Waals surface area contributed by atoms with Gasteiger partial charge in [-0.3, -0.25) is 4.79 Å². The zero-order chi connectivity index (χ0) is 17.2. The Bertz CT molecular complexity index is 615. The second kappa shape index (κ2) is 9.26. The fourth-order valence-corrected chi connectivity index (χ4v) is 1.63. The molecule has 0 fully saturated rings. The summed E-state index contributed by atoms with van der Waals surface area (Å²) >= 11 is 0. The monoisotopic (exact) mass is 315 g/mol. The smallest absolute Gasteiger partial charge is 0.350 e. The lowest BCUT2D eigenvalue weighted by Crippen LogP contribution is -2.31.